The highest BCUT2D eigenvalue weighted by Crippen LogP contribution is 2.45. The second-order valence-corrected chi connectivity index (χ2v) is 13.6. The van der Waals surface area contributed by atoms with Gasteiger partial charge in [0.05, 0.1) is 26.9 Å². The van der Waals surface area contributed by atoms with E-state index in [1.165, 1.54) is 21.2 Å². The number of thiophene rings is 1. The molecule has 4 nitrogen and oxygen atoms in total. The third kappa shape index (κ3) is 3.79. The minimum atomic E-state index is 0.656. The summed E-state index contributed by atoms with van der Waals surface area (Å²) < 4.78 is 11.3. The lowest BCUT2D eigenvalue weighted by Crippen LogP contribution is -2.02. The van der Waals surface area contributed by atoms with Crippen molar-refractivity contribution in [3.05, 3.63) is 152 Å². The first-order chi connectivity index (χ1) is 24.3. The van der Waals surface area contributed by atoms with E-state index in [-0.39, 0.29) is 0 Å². The first-order valence-corrected chi connectivity index (χ1v) is 17.2. The Morgan fingerprint density at radius 1 is 0.510 bits per heavy atom. The fourth-order valence-corrected chi connectivity index (χ4v) is 8.84. The van der Waals surface area contributed by atoms with Gasteiger partial charge in [-0.15, -0.1) is 11.3 Å². The van der Waals surface area contributed by atoms with Crippen LogP contribution >= 0.6 is 11.3 Å². The number of para-hydroxylation sites is 1. The van der Waals surface area contributed by atoms with Gasteiger partial charge in [-0.2, -0.15) is 0 Å². The molecular weight excluding hydrogens is 619 g/mol. The third-order valence-electron chi connectivity index (χ3n) is 9.82. The predicted octanol–water partition coefficient (Wildman–Crippen LogP) is 12.3. The quantitative estimate of drug-likeness (QED) is 0.192. The smallest absolute Gasteiger partial charge is 0.235 e. The predicted molar refractivity (Wildman–Crippen MR) is 205 cm³/mol. The Bertz CT molecular complexity index is 3100. The Morgan fingerprint density at radius 3 is 2.00 bits per heavy atom. The van der Waals surface area contributed by atoms with E-state index in [1.807, 2.05) is 6.07 Å². The van der Waals surface area contributed by atoms with Crippen molar-refractivity contribution >= 4 is 86.2 Å². The second-order valence-electron chi connectivity index (χ2n) is 12.5. The monoisotopic (exact) mass is 643 g/mol. The van der Waals surface area contributed by atoms with Crippen LogP contribution in [0.5, 0.6) is 0 Å². The maximum Gasteiger partial charge on any atom is 0.235 e. The maximum atomic E-state index is 6.76. The van der Waals surface area contributed by atoms with Crippen molar-refractivity contribution in [2.75, 3.05) is 0 Å². The number of nitrogens with zero attached hydrogens (tertiary/aromatic N) is 3. The molecular formula is C44H25N3OS. The van der Waals surface area contributed by atoms with Gasteiger partial charge in [0, 0.05) is 42.6 Å². The van der Waals surface area contributed by atoms with Crippen LogP contribution in [0.3, 0.4) is 0 Å². The summed E-state index contributed by atoms with van der Waals surface area (Å²) in [6, 6.07) is 53.4. The number of furan rings is 1. The molecule has 0 aliphatic rings. The van der Waals surface area contributed by atoms with E-state index in [0.29, 0.717) is 5.95 Å². The zero-order valence-corrected chi connectivity index (χ0v) is 26.9. The van der Waals surface area contributed by atoms with Gasteiger partial charge in [0.2, 0.25) is 5.95 Å². The molecule has 0 fully saturated rings. The molecule has 11 aromatic rings. The number of aromatic nitrogens is 3. The molecule has 0 bridgehead atoms. The first-order valence-electron chi connectivity index (χ1n) is 16.4. The summed E-state index contributed by atoms with van der Waals surface area (Å²) >= 11 is 1.75. The van der Waals surface area contributed by atoms with E-state index in [4.69, 9.17) is 14.4 Å². The number of hydrogen-bond donors (Lipinski definition) is 0. The lowest BCUT2D eigenvalue weighted by atomic mass is 9.94. The highest BCUT2D eigenvalue weighted by molar-refractivity contribution is 7.26. The first kappa shape index (κ1) is 26.7. The maximum absolute atomic E-state index is 6.76. The molecule has 49 heavy (non-hydrogen) atoms. The van der Waals surface area contributed by atoms with Gasteiger partial charge >= 0.3 is 0 Å². The summed E-state index contributed by atoms with van der Waals surface area (Å²) in [6.45, 7) is 0. The van der Waals surface area contributed by atoms with Gasteiger partial charge < -0.3 is 4.42 Å². The largest absolute Gasteiger partial charge is 0.455 e. The van der Waals surface area contributed by atoms with Crippen LogP contribution in [0.1, 0.15) is 0 Å². The van der Waals surface area contributed by atoms with Gasteiger partial charge in [-0.1, -0.05) is 121 Å². The lowest BCUT2D eigenvalue weighted by molar-refractivity contribution is 0.673. The zero-order valence-electron chi connectivity index (χ0n) is 26.1. The minimum absolute atomic E-state index is 0.656. The van der Waals surface area contributed by atoms with E-state index in [9.17, 15) is 0 Å². The van der Waals surface area contributed by atoms with Crippen molar-refractivity contribution in [1.82, 2.24) is 14.5 Å². The van der Waals surface area contributed by atoms with Crippen molar-refractivity contribution in [3.8, 4) is 28.3 Å². The van der Waals surface area contributed by atoms with Gasteiger partial charge in [-0.05, 0) is 46.8 Å². The fraction of sp³-hybridized carbons (Fsp3) is 0. The van der Waals surface area contributed by atoms with Crippen LogP contribution < -0.4 is 0 Å². The van der Waals surface area contributed by atoms with E-state index >= 15 is 0 Å². The number of hydrogen-bond acceptors (Lipinski definition) is 4. The van der Waals surface area contributed by atoms with Crippen molar-refractivity contribution < 1.29 is 4.42 Å². The molecule has 0 aliphatic carbocycles. The van der Waals surface area contributed by atoms with Crippen LogP contribution in [-0.4, -0.2) is 14.5 Å². The van der Waals surface area contributed by atoms with E-state index in [1.54, 1.807) is 11.3 Å². The van der Waals surface area contributed by atoms with E-state index < -0.39 is 0 Å². The Hall–Kier alpha value is -6.30. The molecule has 0 amide bonds. The topological polar surface area (TPSA) is 43.9 Å². The van der Waals surface area contributed by atoms with Crippen molar-refractivity contribution in [2.45, 2.75) is 0 Å². The SMILES string of the molecule is c1ccc(-c2cc3c(oc4ccc5c(c6ccccc6n5-c5nc(-c6ccccc6)c6sc7ccccc7c6n5)c43)c3ccccc23)cc1. The van der Waals surface area contributed by atoms with Gasteiger partial charge in [0.15, 0.2) is 0 Å². The fourth-order valence-electron chi connectivity index (χ4n) is 7.69. The molecule has 11 rings (SSSR count). The molecule has 228 valence electrons. The summed E-state index contributed by atoms with van der Waals surface area (Å²) in [4.78, 5) is 10.7. The summed E-state index contributed by atoms with van der Waals surface area (Å²) in [5.74, 6) is 0.656. The van der Waals surface area contributed by atoms with Crippen molar-refractivity contribution in [1.29, 1.82) is 0 Å². The Labute approximate surface area is 284 Å². The summed E-state index contributed by atoms with van der Waals surface area (Å²) in [6.07, 6.45) is 0. The number of fused-ring (bicyclic) bond motifs is 12. The molecule has 0 N–H and O–H groups in total. The molecule has 4 heterocycles. The van der Waals surface area contributed by atoms with Crippen LogP contribution in [0.4, 0.5) is 0 Å². The summed E-state index contributed by atoms with van der Waals surface area (Å²) in [5.41, 5.74) is 9.25. The van der Waals surface area contributed by atoms with Crippen molar-refractivity contribution in [2.24, 2.45) is 0 Å². The molecule has 0 atom stereocenters. The highest BCUT2D eigenvalue weighted by Gasteiger charge is 2.23. The summed E-state index contributed by atoms with van der Waals surface area (Å²) in [7, 11) is 0. The Kier molecular flexibility index (Phi) is 5.51. The highest BCUT2D eigenvalue weighted by atomic mass is 32.1. The molecule has 0 unspecified atom stereocenters. The summed E-state index contributed by atoms with van der Waals surface area (Å²) in [5, 5.41) is 7.92. The molecule has 7 aromatic carbocycles. The molecule has 0 radical (unpaired) electrons. The third-order valence-corrected chi connectivity index (χ3v) is 11.0. The standard InChI is InChI=1S/C44H25N3OS/c1-3-13-26(14-4-1)32-25-33-39-36(48-42(33)29-18-8-7-17-28(29)32)24-23-35-38(39)30-19-9-11-21-34(30)47(35)44-45-40(27-15-5-2-6-16-27)43-41(46-44)31-20-10-12-22-37(31)49-43/h1-25H. The molecule has 4 aromatic heterocycles. The zero-order chi connectivity index (χ0) is 32.1. The van der Waals surface area contributed by atoms with Gasteiger partial charge in [-0.25, -0.2) is 9.97 Å². The van der Waals surface area contributed by atoms with Gasteiger partial charge in [0.25, 0.3) is 0 Å². The van der Waals surface area contributed by atoms with Gasteiger partial charge in [0.1, 0.15) is 11.2 Å². The second kappa shape index (κ2) is 10.1. The molecule has 0 aliphatic heterocycles. The van der Waals surface area contributed by atoms with Crippen LogP contribution in [0.2, 0.25) is 0 Å². The van der Waals surface area contributed by atoms with E-state index in [0.717, 1.165) is 76.0 Å². The minimum Gasteiger partial charge on any atom is -0.455 e. The van der Waals surface area contributed by atoms with Crippen LogP contribution in [-0.2, 0) is 0 Å². The molecule has 0 spiro atoms. The average molecular weight is 644 g/mol. The molecule has 0 saturated heterocycles. The Morgan fingerprint density at radius 2 is 1.18 bits per heavy atom. The van der Waals surface area contributed by atoms with Crippen LogP contribution in [0, 0.1) is 0 Å². The van der Waals surface area contributed by atoms with Gasteiger partial charge in [-0.3, -0.25) is 4.57 Å². The van der Waals surface area contributed by atoms with Crippen LogP contribution in [0.15, 0.2) is 156 Å². The van der Waals surface area contributed by atoms with Crippen molar-refractivity contribution in [3.63, 3.8) is 0 Å². The lowest BCUT2D eigenvalue weighted by Gasteiger charge is -2.10. The Balaban J connectivity index is 1.29. The van der Waals surface area contributed by atoms with Crippen LogP contribution in [0.25, 0.3) is 103 Å². The number of benzene rings is 7. The molecule has 0 saturated carbocycles. The number of rotatable bonds is 3. The van der Waals surface area contributed by atoms with E-state index in [2.05, 4.69) is 150 Å². The average Bonchev–Trinajstić information content (AvgIpc) is 3.84. The molecule has 5 heteroatoms. The normalized spacial score (nSPS) is 12.1.